The summed E-state index contributed by atoms with van der Waals surface area (Å²) in [4.78, 5) is 2.41. The average molecular weight is 224 g/mol. The molecule has 0 saturated carbocycles. The summed E-state index contributed by atoms with van der Waals surface area (Å²) < 4.78 is 11.0. The Kier molecular flexibility index (Phi) is 3.98. The molecule has 2 heterocycles. The van der Waals surface area contributed by atoms with Gasteiger partial charge in [-0.15, -0.1) is 0 Å². The topological polar surface area (TPSA) is 37.6 Å². The fourth-order valence-electron chi connectivity index (χ4n) is 2.10. The molecule has 1 fully saturated rings. The number of morpholine rings is 1. The first-order chi connectivity index (χ1) is 7.79. The van der Waals surface area contributed by atoms with Crippen LogP contribution in [0.5, 0.6) is 0 Å². The van der Waals surface area contributed by atoms with Crippen molar-refractivity contribution in [3.8, 4) is 0 Å². The molecule has 1 atom stereocenters. The van der Waals surface area contributed by atoms with Crippen LogP contribution < -0.4 is 5.32 Å². The summed E-state index contributed by atoms with van der Waals surface area (Å²) in [5.41, 5.74) is 1.28. The van der Waals surface area contributed by atoms with E-state index in [2.05, 4.69) is 23.2 Å². The van der Waals surface area contributed by atoms with E-state index in [9.17, 15) is 0 Å². The van der Waals surface area contributed by atoms with E-state index in [4.69, 9.17) is 9.15 Å². The van der Waals surface area contributed by atoms with Crippen LogP contribution in [-0.2, 0) is 17.8 Å². The van der Waals surface area contributed by atoms with E-state index in [1.165, 1.54) is 5.56 Å². The smallest absolute Gasteiger partial charge is 0.122 e. The van der Waals surface area contributed by atoms with Crippen molar-refractivity contribution in [1.82, 2.24) is 10.2 Å². The Bertz CT molecular complexity index is 325. The highest BCUT2D eigenvalue weighted by Gasteiger charge is 2.18. The monoisotopic (exact) mass is 224 g/mol. The molecule has 0 bridgehead atoms. The SMILES string of the molecule is CNCc1occc1CN1CCOC(C)C1. The number of hydrogen-bond acceptors (Lipinski definition) is 4. The van der Waals surface area contributed by atoms with Gasteiger partial charge < -0.3 is 14.5 Å². The highest BCUT2D eigenvalue weighted by Crippen LogP contribution is 2.15. The van der Waals surface area contributed by atoms with Crippen molar-refractivity contribution in [2.75, 3.05) is 26.7 Å². The molecule has 1 aliphatic heterocycles. The fourth-order valence-corrected chi connectivity index (χ4v) is 2.10. The molecule has 1 saturated heterocycles. The van der Waals surface area contributed by atoms with Gasteiger partial charge in [-0.3, -0.25) is 4.90 Å². The lowest BCUT2D eigenvalue weighted by Crippen LogP contribution is -2.40. The van der Waals surface area contributed by atoms with Gasteiger partial charge >= 0.3 is 0 Å². The fraction of sp³-hybridized carbons (Fsp3) is 0.667. The van der Waals surface area contributed by atoms with E-state index in [0.29, 0.717) is 6.10 Å². The number of nitrogens with zero attached hydrogens (tertiary/aromatic N) is 1. The van der Waals surface area contributed by atoms with Gasteiger partial charge in [-0.1, -0.05) is 0 Å². The predicted octanol–water partition coefficient (Wildman–Crippen LogP) is 1.22. The Morgan fingerprint density at radius 3 is 3.19 bits per heavy atom. The summed E-state index contributed by atoms with van der Waals surface area (Å²) in [6.45, 7) is 6.72. The van der Waals surface area contributed by atoms with Crippen LogP contribution in [0.2, 0.25) is 0 Å². The van der Waals surface area contributed by atoms with Crippen molar-refractivity contribution in [3.63, 3.8) is 0 Å². The number of furan rings is 1. The zero-order valence-electron chi connectivity index (χ0n) is 10.0. The average Bonchev–Trinajstić information content (AvgIpc) is 2.66. The second kappa shape index (κ2) is 5.48. The molecule has 0 spiro atoms. The second-order valence-corrected chi connectivity index (χ2v) is 4.32. The molecule has 1 N–H and O–H groups in total. The van der Waals surface area contributed by atoms with Gasteiger partial charge in [0.15, 0.2) is 0 Å². The first-order valence-electron chi connectivity index (χ1n) is 5.83. The van der Waals surface area contributed by atoms with E-state index in [1.54, 1.807) is 6.26 Å². The van der Waals surface area contributed by atoms with Crippen LogP contribution in [-0.4, -0.2) is 37.7 Å². The van der Waals surface area contributed by atoms with Gasteiger partial charge in [0.1, 0.15) is 5.76 Å². The number of rotatable bonds is 4. The third kappa shape index (κ3) is 2.84. The molecule has 0 aliphatic carbocycles. The summed E-state index contributed by atoms with van der Waals surface area (Å²) >= 11 is 0. The molecule has 0 amide bonds. The van der Waals surface area contributed by atoms with E-state index < -0.39 is 0 Å². The van der Waals surface area contributed by atoms with Gasteiger partial charge in [0.05, 0.1) is 25.5 Å². The number of ether oxygens (including phenoxy) is 1. The number of hydrogen-bond donors (Lipinski definition) is 1. The predicted molar refractivity (Wildman–Crippen MR) is 62.2 cm³/mol. The molecule has 16 heavy (non-hydrogen) atoms. The Morgan fingerprint density at radius 2 is 2.44 bits per heavy atom. The molecular weight excluding hydrogens is 204 g/mol. The maximum Gasteiger partial charge on any atom is 0.122 e. The van der Waals surface area contributed by atoms with Gasteiger partial charge in [-0.25, -0.2) is 0 Å². The third-order valence-electron chi connectivity index (χ3n) is 2.89. The molecular formula is C12H20N2O2. The van der Waals surface area contributed by atoms with Crippen LogP contribution in [0.3, 0.4) is 0 Å². The molecule has 4 nitrogen and oxygen atoms in total. The van der Waals surface area contributed by atoms with E-state index in [1.807, 2.05) is 7.05 Å². The lowest BCUT2D eigenvalue weighted by molar-refractivity contribution is -0.0213. The van der Waals surface area contributed by atoms with Crippen LogP contribution in [0.15, 0.2) is 16.7 Å². The van der Waals surface area contributed by atoms with Crippen LogP contribution in [0.25, 0.3) is 0 Å². The van der Waals surface area contributed by atoms with Crippen LogP contribution in [0, 0.1) is 0 Å². The summed E-state index contributed by atoms with van der Waals surface area (Å²) in [6, 6.07) is 2.06. The Balaban J connectivity index is 1.94. The minimum Gasteiger partial charge on any atom is -0.468 e. The van der Waals surface area contributed by atoms with Crippen LogP contribution in [0.4, 0.5) is 0 Å². The Labute approximate surface area is 96.6 Å². The zero-order valence-corrected chi connectivity index (χ0v) is 10.0. The van der Waals surface area contributed by atoms with Crippen molar-refractivity contribution in [2.45, 2.75) is 26.1 Å². The van der Waals surface area contributed by atoms with Gasteiger partial charge in [0.25, 0.3) is 0 Å². The molecule has 1 aromatic heterocycles. The van der Waals surface area contributed by atoms with Crippen LogP contribution >= 0.6 is 0 Å². The summed E-state index contributed by atoms with van der Waals surface area (Å²) in [5.74, 6) is 1.04. The first-order valence-corrected chi connectivity index (χ1v) is 5.83. The van der Waals surface area contributed by atoms with Crippen molar-refractivity contribution in [1.29, 1.82) is 0 Å². The summed E-state index contributed by atoms with van der Waals surface area (Å²) in [6.07, 6.45) is 2.11. The van der Waals surface area contributed by atoms with E-state index >= 15 is 0 Å². The molecule has 4 heteroatoms. The normalized spacial score (nSPS) is 22.5. The molecule has 0 radical (unpaired) electrons. The van der Waals surface area contributed by atoms with E-state index in [-0.39, 0.29) is 0 Å². The van der Waals surface area contributed by atoms with Crippen molar-refractivity contribution < 1.29 is 9.15 Å². The maximum absolute atomic E-state index is 5.53. The minimum atomic E-state index is 0.341. The number of nitrogens with one attached hydrogen (secondary N) is 1. The Morgan fingerprint density at radius 1 is 1.56 bits per heavy atom. The molecule has 1 aromatic rings. The van der Waals surface area contributed by atoms with Gasteiger partial charge in [0.2, 0.25) is 0 Å². The quantitative estimate of drug-likeness (QED) is 0.834. The second-order valence-electron chi connectivity index (χ2n) is 4.32. The largest absolute Gasteiger partial charge is 0.468 e. The maximum atomic E-state index is 5.53. The molecule has 0 aromatic carbocycles. The van der Waals surface area contributed by atoms with Gasteiger partial charge in [-0.05, 0) is 20.0 Å². The molecule has 1 unspecified atom stereocenters. The zero-order chi connectivity index (χ0) is 11.4. The lowest BCUT2D eigenvalue weighted by Gasteiger charge is -2.30. The first kappa shape index (κ1) is 11.6. The van der Waals surface area contributed by atoms with Crippen LogP contribution in [0.1, 0.15) is 18.2 Å². The minimum absolute atomic E-state index is 0.341. The van der Waals surface area contributed by atoms with Gasteiger partial charge in [-0.2, -0.15) is 0 Å². The van der Waals surface area contributed by atoms with Gasteiger partial charge in [0, 0.05) is 25.2 Å². The molecule has 90 valence electrons. The lowest BCUT2D eigenvalue weighted by atomic mass is 10.2. The summed E-state index contributed by atoms with van der Waals surface area (Å²) in [7, 11) is 1.93. The van der Waals surface area contributed by atoms with Crippen molar-refractivity contribution >= 4 is 0 Å². The molecule has 1 aliphatic rings. The van der Waals surface area contributed by atoms with E-state index in [0.717, 1.165) is 38.5 Å². The third-order valence-corrected chi connectivity index (χ3v) is 2.89. The Hall–Kier alpha value is -0.840. The molecule has 2 rings (SSSR count). The summed E-state index contributed by atoms with van der Waals surface area (Å²) in [5, 5.41) is 3.12. The van der Waals surface area contributed by atoms with Crippen molar-refractivity contribution in [3.05, 3.63) is 23.7 Å². The highest BCUT2D eigenvalue weighted by atomic mass is 16.5. The van der Waals surface area contributed by atoms with Crippen molar-refractivity contribution in [2.24, 2.45) is 0 Å². The highest BCUT2D eigenvalue weighted by molar-refractivity contribution is 5.16. The standard InChI is InChI=1S/C12H20N2O2/c1-10-8-14(4-6-15-10)9-11-3-5-16-12(11)7-13-2/h3,5,10,13H,4,6-9H2,1-2H3.